The fourth-order valence-electron chi connectivity index (χ4n) is 1.11. The number of nitrogens with zero attached hydrogens (tertiary/aromatic N) is 3. The molecule has 1 heterocycles. The van der Waals surface area contributed by atoms with E-state index in [1.54, 1.807) is 0 Å². The number of H-pyrrole nitrogens is 1. The van der Waals surface area contributed by atoms with E-state index in [2.05, 4.69) is 27.4 Å². The maximum atomic E-state index is 5.20. The van der Waals surface area contributed by atoms with Gasteiger partial charge in [0, 0.05) is 13.6 Å². The molecule has 1 rings (SSSR count). The molecule has 0 aliphatic heterocycles. The molecule has 0 fully saturated rings. The topological polar surface area (TPSA) is 56.8 Å². The lowest BCUT2D eigenvalue weighted by molar-refractivity contribution is 0.473. The van der Waals surface area contributed by atoms with Crippen molar-refractivity contribution in [2.75, 3.05) is 13.6 Å². The fourth-order valence-corrected chi connectivity index (χ4v) is 1.28. The van der Waals surface area contributed by atoms with E-state index >= 15 is 0 Å². The average Bonchev–Trinajstić information content (AvgIpc) is 2.60. The second kappa shape index (κ2) is 5.65. The summed E-state index contributed by atoms with van der Waals surface area (Å²) >= 11 is 5.20. The standard InChI is InChI=1S/C9H17N5S/c1-4-5-10-9(15)14(3)6-8-11-7(2)12-13-8/h4-6H2,1-3H3,(H,10,15)(H,11,12,13). The highest BCUT2D eigenvalue weighted by atomic mass is 32.1. The van der Waals surface area contributed by atoms with Crippen LogP contribution in [-0.4, -0.2) is 38.8 Å². The quantitative estimate of drug-likeness (QED) is 0.746. The molecule has 15 heavy (non-hydrogen) atoms. The van der Waals surface area contributed by atoms with Crippen molar-refractivity contribution in [3.8, 4) is 0 Å². The fraction of sp³-hybridized carbons (Fsp3) is 0.667. The molecule has 0 saturated heterocycles. The molecule has 5 nitrogen and oxygen atoms in total. The summed E-state index contributed by atoms with van der Waals surface area (Å²) in [7, 11) is 1.93. The zero-order chi connectivity index (χ0) is 11.3. The monoisotopic (exact) mass is 227 g/mol. The number of rotatable bonds is 4. The largest absolute Gasteiger partial charge is 0.363 e. The van der Waals surface area contributed by atoms with Crippen molar-refractivity contribution in [1.82, 2.24) is 25.4 Å². The predicted molar refractivity (Wildman–Crippen MR) is 63.5 cm³/mol. The molecule has 0 radical (unpaired) electrons. The Bertz CT molecular complexity index is 322. The highest BCUT2D eigenvalue weighted by Crippen LogP contribution is 1.97. The van der Waals surface area contributed by atoms with Crippen LogP contribution in [0.5, 0.6) is 0 Å². The van der Waals surface area contributed by atoms with Crippen LogP contribution >= 0.6 is 12.2 Å². The van der Waals surface area contributed by atoms with E-state index in [0.717, 1.165) is 29.7 Å². The van der Waals surface area contributed by atoms with Crippen LogP contribution in [0.1, 0.15) is 25.0 Å². The first kappa shape index (κ1) is 11.9. The summed E-state index contributed by atoms with van der Waals surface area (Å²) < 4.78 is 0. The molecule has 0 saturated carbocycles. The summed E-state index contributed by atoms with van der Waals surface area (Å²) in [5.41, 5.74) is 0. The molecule has 84 valence electrons. The van der Waals surface area contributed by atoms with Gasteiger partial charge >= 0.3 is 0 Å². The first-order chi connectivity index (χ1) is 7.13. The van der Waals surface area contributed by atoms with Gasteiger partial charge in [-0.2, -0.15) is 5.10 Å². The summed E-state index contributed by atoms with van der Waals surface area (Å²) in [4.78, 5) is 6.14. The maximum absolute atomic E-state index is 5.20. The van der Waals surface area contributed by atoms with Crippen LogP contribution in [0.4, 0.5) is 0 Å². The van der Waals surface area contributed by atoms with Gasteiger partial charge in [0.2, 0.25) is 0 Å². The van der Waals surface area contributed by atoms with Gasteiger partial charge in [0.25, 0.3) is 0 Å². The van der Waals surface area contributed by atoms with Gasteiger partial charge < -0.3 is 10.2 Å². The zero-order valence-electron chi connectivity index (χ0n) is 9.37. The number of nitrogens with one attached hydrogen (secondary N) is 2. The van der Waals surface area contributed by atoms with Crippen molar-refractivity contribution in [3.63, 3.8) is 0 Å². The van der Waals surface area contributed by atoms with E-state index in [9.17, 15) is 0 Å². The van der Waals surface area contributed by atoms with Gasteiger partial charge in [-0.15, -0.1) is 0 Å². The molecule has 0 aliphatic carbocycles. The summed E-state index contributed by atoms with van der Waals surface area (Å²) in [6.07, 6.45) is 1.06. The normalized spacial score (nSPS) is 10.1. The van der Waals surface area contributed by atoms with Crippen LogP contribution in [0.25, 0.3) is 0 Å². The third-order valence-corrected chi connectivity index (χ3v) is 2.35. The summed E-state index contributed by atoms with van der Waals surface area (Å²) in [5.74, 6) is 1.58. The van der Waals surface area contributed by atoms with Gasteiger partial charge in [-0.05, 0) is 25.6 Å². The first-order valence-electron chi connectivity index (χ1n) is 5.00. The molecule has 0 unspecified atom stereocenters. The first-order valence-corrected chi connectivity index (χ1v) is 5.41. The Balaban J connectivity index is 2.41. The molecule has 0 aromatic carbocycles. The predicted octanol–water partition coefficient (Wildman–Crippen LogP) is 0.829. The summed E-state index contributed by atoms with van der Waals surface area (Å²) in [6.45, 7) is 5.51. The van der Waals surface area contributed by atoms with Gasteiger partial charge in [-0.3, -0.25) is 5.10 Å². The minimum Gasteiger partial charge on any atom is -0.363 e. The van der Waals surface area contributed by atoms with Gasteiger partial charge in [-0.1, -0.05) is 6.92 Å². The number of hydrogen-bond donors (Lipinski definition) is 2. The molecule has 0 bridgehead atoms. The SMILES string of the molecule is CCCNC(=S)N(C)Cc1n[nH]c(C)n1. The number of aromatic nitrogens is 3. The van der Waals surface area contributed by atoms with Crippen LogP contribution in [0.2, 0.25) is 0 Å². The van der Waals surface area contributed by atoms with E-state index < -0.39 is 0 Å². The highest BCUT2D eigenvalue weighted by Gasteiger charge is 2.07. The smallest absolute Gasteiger partial charge is 0.169 e. The van der Waals surface area contributed by atoms with E-state index in [4.69, 9.17) is 12.2 Å². The lowest BCUT2D eigenvalue weighted by atomic mass is 10.5. The molecular formula is C9H17N5S. The van der Waals surface area contributed by atoms with Crippen molar-refractivity contribution in [2.45, 2.75) is 26.8 Å². The van der Waals surface area contributed by atoms with E-state index in [-0.39, 0.29) is 0 Å². The highest BCUT2D eigenvalue weighted by molar-refractivity contribution is 7.80. The lowest BCUT2D eigenvalue weighted by Crippen LogP contribution is -2.37. The van der Waals surface area contributed by atoms with Crippen molar-refractivity contribution in [3.05, 3.63) is 11.6 Å². The molecule has 0 atom stereocenters. The Labute approximate surface area is 95.3 Å². The van der Waals surface area contributed by atoms with E-state index in [1.807, 2.05) is 18.9 Å². The number of thiocarbonyl (C=S) groups is 1. The van der Waals surface area contributed by atoms with E-state index in [1.165, 1.54) is 0 Å². The molecule has 1 aromatic rings. The van der Waals surface area contributed by atoms with Crippen LogP contribution in [0, 0.1) is 6.92 Å². The van der Waals surface area contributed by atoms with Crippen LogP contribution in [0.15, 0.2) is 0 Å². The van der Waals surface area contributed by atoms with Crippen molar-refractivity contribution in [1.29, 1.82) is 0 Å². The van der Waals surface area contributed by atoms with Crippen LogP contribution in [-0.2, 0) is 6.54 Å². The minimum atomic E-state index is 0.625. The number of hydrogen-bond acceptors (Lipinski definition) is 3. The van der Waals surface area contributed by atoms with Crippen LogP contribution < -0.4 is 5.32 Å². The third-order valence-electron chi connectivity index (χ3n) is 1.90. The Hall–Kier alpha value is -1.17. The molecule has 2 N–H and O–H groups in total. The second-order valence-corrected chi connectivity index (χ2v) is 3.81. The molecule has 1 aromatic heterocycles. The van der Waals surface area contributed by atoms with Gasteiger partial charge in [0.1, 0.15) is 5.82 Å². The van der Waals surface area contributed by atoms with Gasteiger partial charge in [0.15, 0.2) is 10.9 Å². The molecule has 0 spiro atoms. The van der Waals surface area contributed by atoms with Gasteiger partial charge in [-0.25, -0.2) is 4.98 Å². The van der Waals surface area contributed by atoms with Gasteiger partial charge in [0.05, 0.1) is 6.54 Å². The Kier molecular flexibility index (Phi) is 4.48. The zero-order valence-corrected chi connectivity index (χ0v) is 10.2. The van der Waals surface area contributed by atoms with E-state index in [0.29, 0.717) is 6.54 Å². The Morgan fingerprint density at radius 1 is 1.60 bits per heavy atom. The molecule has 6 heteroatoms. The summed E-state index contributed by atoms with van der Waals surface area (Å²) in [6, 6.07) is 0. The van der Waals surface area contributed by atoms with Crippen molar-refractivity contribution < 1.29 is 0 Å². The van der Waals surface area contributed by atoms with Crippen molar-refractivity contribution >= 4 is 17.3 Å². The molecule has 0 amide bonds. The Morgan fingerprint density at radius 2 is 2.33 bits per heavy atom. The average molecular weight is 227 g/mol. The van der Waals surface area contributed by atoms with Crippen molar-refractivity contribution in [2.24, 2.45) is 0 Å². The molecular weight excluding hydrogens is 210 g/mol. The summed E-state index contributed by atoms with van der Waals surface area (Å²) in [5, 5.41) is 10.7. The Morgan fingerprint density at radius 3 is 2.87 bits per heavy atom. The number of aryl methyl sites for hydroxylation is 1. The third kappa shape index (κ3) is 3.83. The molecule has 0 aliphatic rings. The minimum absolute atomic E-state index is 0.625. The second-order valence-electron chi connectivity index (χ2n) is 3.43. The van der Waals surface area contributed by atoms with Crippen LogP contribution in [0.3, 0.4) is 0 Å². The maximum Gasteiger partial charge on any atom is 0.169 e. The lowest BCUT2D eigenvalue weighted by Gasteiger charge is -2.18. The number of aromatic amines is 1.